The number of hydrogen-bond acceptors (Lipinski definition) is 10. The molecule has 3 aromatic rings. The Bertz CT molecular complexity index is 2110. The lowest BCUT2D eigenvalue weighted by atomic mass is 9.85. The van der Waals surface area contributed by atoms with Crippen LogP contribution < -0.4 is 24.8 Å². The zero-order valence-corrected chi connectivity index (χ0v) is 34.1. The number of hydrogen-bond donors (Lipinski definition) is 3. The third-order valence-corrected chi connectivity index (χ3v) is 12.3. The summed E-state index contributed by atoms with van der Waals surface area (Å²) >= 11 is 0. The Hall–Kier alpha value is -4.92. The molecule has 14 nitrogen and oxygen atoms in total. The summed E-state index contributed by atoms with van der Waals surface area (Å²) in [6.45, 7) is 12.4. The third-order valence-electron chi connectivity index (χ3n) is 10.5. The van der Waals surface area contributed by atoms with Crippen molar-refractivity contribution >= 4 is 44.7 Å². The molecule has 2 heterocycles. The minimum Gasteiger partial charge on any atom is -0.497 e. The van der Waals surface area contributed by atoms with E-state index < -0.39 is 73.8 Å². The first kappa shape index (κ1) is 40.7. The number of aromatic nitrogens is 1. The van der Waals surface area contributed by atoms with Gasteiger partial charge in [-0.2, -0.15) is 0 Å². The highest BCUT2D eigenvalue weighted by Crippen LogP contribution is 2.47. The molecule has 0 spiro atoms. The molecule has 1 aromatic heterocycles. The van der Waals surface area contributed by atoms with E-state index in [2.05, 4.69) is 15.4 Å². The fourth-order valence-corrected chi connectivity index (χ4v) is 8.61. The second-order valence-electron chi connectivity index (χ2n) is 17.1. The van der Waals surface area contributed by atoms with E-state index in [4.69, 9.17) is 19.2 Å². The Morgan fingerprint density at radius 3 is 2.29 bits per heavy atom. The van der Waals surface area contributed by atoms with Crippen molar-refractivity contribution in [3.63, 3.8) is 0 Å². The Kier molecular flexibility index (Phi) is 11.1. The van der Waals surface area contributed by atoms with E-state index in [0.717, 1.165) is 5.56 Å². The predicted molar refractivity (Wildman–Crippen MR) is 210 cm³/mol. The number of rotatable bonds is 12. The maximum atomic E-state index is 14.7. The summed E-state index contributed by atoms with van der Waals surface area (Å²) in [7, 11) is -2.31. The van der Waals surface area contributed by atoms with Crippen LogP contribution in [0.1, 0.15) is 80.6 Å². The molecule has 0 bridgehead atoms. The van der Waals surface area contributed by atoms with Crippen molar-refractivity contribution in [1.82, 2.24) is 25.2 Å². The summed E-state index contributed by atoms with van der Waals surface area (Å²) < 4.78 is 45.5. The zero-order chi connectivity index (χ0) is 40.8. The number of pyridine rings is 1. The average molecular weight is 792 g/mol. The lowest BCUT2D eigenvalue weighted by Crippen LogP contribution is -2.60. The van der Waals surface area contributed by atoms with Gasteiger partial charge in [-0.3, -0.25) is 19.1 Å². The molecule has 4 amide bonds. The minimum atomic E-state index is -3.88. The summed E-state index contributed by atoms with van der Waals surface area (Å²) in [5.41, 5.74) is -0.993. The van der Waals surface area contributed by atoms with Crippen molar-refractivity contribution in [3.8, 4) is 22.8 Å². The maximum Gasteiger partial charge on any atom is 0.408 e. The van der Waals surface area contributed by atoms with Crippen LogP contribution >= 0.6 is 0 Å². The number of ether oxygens (including phenoxy) is 3. The summed E-state index contributed by atoms with van der Waals surface area (Å²) in [5, 5.41) is 5.68. The highest BCUT2D eigenvalue weighted by atomic mass is 32.2. The van der Waals surface area contributed by atoms with Crippen LogP contribution in [0, 0.1) is 11.3 Å². The number of amides is 4. The molecule has 0 radical (unpaired) electrons. The average Bonchev–Trinajstić information content (AvgIpc) is 4.06. The zero-order valence-electron chi connectivity index (χ0n) is 33.3. The summed E-state index contributed by atoms with van der Waals surface area (Å²) in [6.07, 6.45) is 0.249. The van der Waals surface area contributed by atoms with E-state index in [1.54, 1.807) is 60.8 Å². The number of carbonyl (C=O) groups is 4. The van der Waals surface area contributed by atoms with Gasteiger partial charge in [0.05, 0.1) is 30.1 Å². The van der Waals surface area contributed by atoms with Crippen molar-refractivity contribution in [2.75, 3.05) is 13.7 Å². The van der Waals surface area contributed by atoms with Gasteiger partial charge in [0.2, 0.25) is 21.8 Å². The van der Waals surface area contributed by atoms with Gasteiger partial charge < -0.3 is 29.7 Å². The number of nitrogens with one attached hydrogen (secondary N) is 3. The van der Waals surface area contributed by atoms with Crippen LogP contribution in [0.4, 0.5) is 4.79 Å². The molecule has 6 rings (SSSR count). The van der Waals surface area contributed by atoms with E-state index >= 15 is 0 Å². The molecule has 2 saturated carbocycles. The number of sulfonamides is 1. The number of alkyl carbamates (subject to hydrolysis) is 1. The topological polar surface area (TPSA) is 182 Å². The number of nitrogens with zero attached hydrogens (tertiary/aromatic N) is 2. The molecule has 302 valence electrons. The van der Waals surface area contributed by atoms with Crippen molar-refractivity contribution < 1.29 is 41.8 Å². The highest BCUT2D eigenvalue weighted by molar-refractivity contribution is 7.91. The number of benzene rings is 2. The molecule has 3 N–H and O–H groups in total. The first-order chi connectivity index (χ1) is 26.2. The second kappa shape index (κ2) is 15.2. The van der Waals surface area contributed by atoms with Gasteiger partial charge in [0.25, 0.3) is 5.91 Å². The Morgan fingerprint density at radius 1 is 1.00 bits per heavy atom. The van der Waals surface area contributed by atoms with Crippen molar-refractivity contribution in [1.29, 1.82) is 0 Å². The Labute approximate surface area is 328 Å². The predicted octanol–water partition coefficient (Wildman–Crippen LogP) is 5.09. The number of methoxy groups -OCH3 is 1. The summed E-state index contributed by atoms with van der Waals surface area (Å²) in [4.78, 5) is 62.1. The van der Waals surface area contributed by atoms with Crippen molar-refractivity contribution in [3.05, 3.63) is 54.6 Å². The molecular weight excluding hydrogens is 739 g/mol. The normalized spacial score (nSPS) is 22.9. The molecule has 2 aliphatic carbocycles. The van der Waals surface area contributed by atoms with Gasteiger partial charge in [-0.05, 0) is 63.5 Å². The molecule has 15 heteroatoms. The van der Waals surface area contributed by atoms with Crippen LogP contribution in [0.3, 0.4) is 0 Å². The van der Waals surface area contributed by atoms with Gasteiger partial charge >= 0.3 is 6.09 Å². The minimum absolute atomic E-state index is 0.0351. The monoisotopic (exact) mass is 791 g/mol. The van der Waals surface area contributed by atoms with Crippen LogP contribution in [0.15, 0.2) is 54.6 Å². The van der Waals surface area contributed by atoms with Gasteiger partial charge in [0.15, 0.2) is 0 Å². The SMILES string of the molecule is CC[C@@H]1C[C@]1(NC(=O)[C@@H]1C[C@@H](Oc2cc(-c3ccccc3)nc3cc(OC)ccc23)CN1C(=O)[C@@H](NC(=O)OC(C)(C)C)C(C)(C)C)C(=O)NS(=O)(=O)C1CC1. The maximum absolute atomic E-state index is 14.7. The van der Waals surface area contributed by atoms with E-state index in [0.29, 0.717) is 47.4 Å². The van der Waals surface area contributed by atoms with Crippen LogP contribution in [0.5, 0.6) is 11.5 Å². The van der Waals surface area contributed by atoms with Gasteiger partial charge in [-0.25, -0.2) is 18.2 Å². The summed E-state index contributed by atoms with van der Waals surface area (Å²) in [6, 6.07) is 14.6. The lowest BCUT2D eigenvalue weighted by Gasteiger charge is -2.36. The Morgan fingerprint density at radius 2 is 1.70 bits per heavy atom. The summed E-state index contributed by atoms with van der Waals surface area (Å²) in [5.74, 6) is -1.16. The second-order valence-corrected chi connectivity index (χ2v) is 19.1. The Balaban J connectivity index is 1.34. The molecule has 5 atom stereocenters. The molecule has 1 aliphatic heterocycles. The first-order valence-electron chi connectivity index (χ1n) is 19.1. The fourth-order valence-electron chi connectivity index (χ4n) is 7.25. The molecule has 56 heavy (non-hydrogen) atoms. The number of carbonyl (C=O) groups excluding carboxylic acids is 4. The van der Waals surface area contributed by atoms with Crippen LogP contribution in [0.2, 0.25) is 0 Å². The standard InChI is InChI=1S/C41H53N5O9S/c1-9-25-22-41(25,37(49)45-56(51,52)28-16-17-28)44-35(47)32-20-27(23-46(32)36(48)34(39(2,3)4)43-38(50)55-40(5,6)7)54-33-21-30(24-13-11-10-12-14-24)42-31-19-26(53-8)15-18-29(31)33/h10-15,18-19,21,25,27-28,32,34H,9,16-17,20,22-23H2,1-8H3,(H,43,50)(H,44,47)(H,45,49)/t25-,27-,32+,34-,41-/m1/s1. The van der Waals surface area contributed by atoms with Crippen LogP contribution in [-0.2, 0) is 29.1 Å². The van der Waals surface area contributed by atoms with Gasteiger partial charge in [0, 0.05) is 29.5 Å². The van der Waals surface area contributed by atoms with E-state index in [-0.39, 0.29) is 25.3 Å². The highest BCUT2D eigenvalue weighted by Gasteiger charge is 2.62. The lowest BCUT2D eigenvalue weighted by molar-refractivity contribution is -0.143. The fraction of sp³-hybridized carbons (Fsp3) is 0.537. The van der Waals surface area contributed by atoms with Crippen LogP contribution in [0.25, 0.3) is 22.2 Å². The van der Waals surface area contributed by atoms with Gasteiger partial charge in [-0.1, -0.05) is 64.4 Å². The van der Waals surface area contributed by atoms with Gasteiger partial charge in [-0.15, -0.1) is 0 Å². The molecule has 1 saturated heterocycles. The number of likely N-dealkylation sites (tertiary alicyclic amines) is 1. The molecule has 3 aliphatic rings. The van der Waals surface area contributed by atoms with Crippen LogP contribution in [-0.4, -0.2) is 90.3 Å². The van der Waals surface area contributed by atoms with Crippen molar-refractivity contribution in [2.24, 2.45) is 11.3 Å². The quantitative estimate of drug-likeness (QED) is 0.224. The number of fused-ring (bicyclic) bond motifs is 1. The van der Waals surface area contributed by atoms with Crippen molar-refractivity contribution in [2.45, 2.75) is 115 Å². The molecular formula is C41H53N5O9S. The van der Waals surface area contributed by atoms with E-state index in [1.807, 2.05) is 49.4 Å². The molecule has 0 unspecified atom stereocenters. The smallest absolute Gasteiger partial charge is 0.408 e. The van der Waals surface area contributed by atoms with E-state index in [1.165, 1.54) is 4.90 Å². The largest absolute Gasteiger partial charge is 0.497 e. The first-order valence-corrected chi connectivity index (χ1v) is 20.7. The third kappa shape index (κ3) is 8.87. The van der Waals surface area contributed by atoms with E-state index in [9.17, 15) is 27.6 Å². The molecule has 3 fully saturated rings. The van der Waals surface area contributed by atoms with Gasteiger partial charge in [0.1, 0.15) is 40.8 Å². The molecule has 2 aromatic carbocycles.